The summed E-state index contributed by atoms with van der Waals surface area (Å²) in [5.41, 5.74) is 0. The van der Waals surface area contributed by atoms with Crippen molar-refractivity contribution in [2.75, 3.05) is 46.5 Å². The molecule has 0 radical (unpaired) electrons. The fourth-order valence-electron chi connectivity index (χ4n) is 7.63. The van der Waals surface area contributed by atoms with E-state index < -0.39 is 142 Å². The number of unbranched alkanes of at least 4 members (excludes halogenated alkanes) is 4. The van der Waals surface area contributed by atoms with Gasteiger partial charge in [-0.05, 0) is 38.5 Å². The van der Waals surface area contributed by atoms with Gasteiger partial charge in [0.15, 0.2) is 0 Å². The van der Waals surface area contributed by atoms with Crippen molar-refractivity contribution >= 4 is 70.8 Å². The molecule has 3 heterocycles. The number of halogens is 1. The normalized spacial score (nSPS) is 18.0. The number of alkyl halides is 1. The molecule has 0 aromatic rings. The second kappa shape index (κ2) is 37.5. The van der Waals surface area contributed by atoms with E-state index in [-0.39, 0.29) is 101 Å². The summed E-state index contributed by atoms with van der Waals surface area (Å²) in [6, 6.07) is 0. The largest absolute Gasteiger partial charge is 0.481 e. The maximum absolute atomic E-state index is 12.8. The topological polar surface area (TPSA) is 470 Å². The fraction of sp³-hybridized carbons (Fsp3) is 0.673. The molecule has 0 spiro atoms. The maximum Gasteiger partial charge on any atom is 0.336 e. The summed E-state index contributed by atoms with van der Waals surface area (Å²) in [5, 5.41) is 109. The second-order valence-electron chi connectivity index (χ2n) is 18.4. The highest BCUT2D eigenvalue weighted by Crippen LogP contribution is 2.21. The van der Waals surface area contributed by atoms with Crippen LogP contribution in [-0.2, 0) is 62.4 Å². The standard InChI is InChI=1S/C26H37N3O13.C22H34N2O11.CH3F/c30-14-18(33)25(40)24(39)17(32)13-27-19(34)6-5-15(26(41)42-29-22(37)9-10-23(29)38)12-16(31)4-2-1-3-11-28-20(35)7-8-21(28)36;25-12-16(28)21(33)20(32)15(27)11-23-17(29)6-5-13(22(34)35)10-14(26)4-2-1-3-9-24-18(30)7-8-19(24)31;1-2/h7-8,15,17-18,24-25,30,32-33,39-40H,1-6,9-14H2,(H,27,34);7-8,13,15-16,20-21,25,27-28,32-33H,1-6,9-12H2,(H,23,29)(H,34,35);1H3/t15-,17+,18-,24-,25-;13-,15+,16-,20-,21-;/m11./s1/i;;1D. The number of nitrogens with zero attached hydrogens (tertiary/aromatic N) is 3. The van der Waals surface area contributed by atoms with Crippen molar-refractivity contribution in [2.24, 2.45) is 11.8 Å². The number of imide groups is 3. The highest BCUT2D eigenvalue weighted by atomic mass is 19.1. The number of aliphatic hydroxyl groups excluding tert-OH is 10. The number of nitrogens with one attached hydrogen (secondary N) is 2. The van der Waals surface area contributed by atoms with E-state index >= 15 is 0 Å². The number of carbonyl (C=O) groups is 12. The Labute approximate surface area is 454 Å². The number of ketones is 2. The third kappa shape index (κ3) is 25.5. The summed E-state index contributed by atoms with van der Waals surface area (Å²) in [7, 11) is -1.00. The van der Waals surface area contributed by atoms with E-state index in [1.165, 1.54) is 24.3 Å². The molecule has 1 saturated heterocycles. The minimum atomic E-state index is -1.89. The quantitative estimate of drug-likeness (QED) is 0.0205. The molecular formula is C49H74FN5O24. The van der Waals surface area contributed by atoms with Crippen molar-refractivity contribution in [2.45, 2.75) is 152 Å². The highest BCUT2D eigenvalue weighted by Gasteiger charge is 2.37. The Balaban J connectivity index is 0.000000774. The van der Waals surface area contributed by atoms with Gasteiger partial charge in [0.05, 0.1) is 45.8 Å². The molecule has 79 heavy (non-hydrogen) atoms. The zero-order valence-corrected chi connectivity index (χ0v) is 43.3. The van der Waals surface area contributed by atoms with Crippen LogP contribution in [-0.4, -0.2) is 237 Å². The number of hydrogen-bond donors (Lipinski definition) is 13. The molecule has 3 rings (SSSR count). The number of carboxylic acid groups (broad SMARTS) is 1. The molecule has 0 aliphatic carbocycles. The lowest BCUT2D eigenvalue weighted by atomic mass is 9.94. The van der Waals surface area contributed by atoms with Gasteiger partial charge in [-0.1, -0.05) is 12.8 Å². The van der Waals surface area contributed by atoms with E-state index in [0.29, 0.717) is 43.6 Å². The Hall–Kier alpha value is -6.35. The van der Waals surface area contributed by atoms with Gasteiger partial charge in [-0.25, -0.2) is 4.79 Å². The Morgan fingerprint density at radius 3 is 1.25 bits per heavy atom. The Morgan fingerprint density at radius 1 is 0.557 bits per heavy atom. The van der Waals surface area contributed by atoms with Gasteiger partial charge < -0.3 is 71.6 Å². The van der Waals surface area contributed by atoms with Crippen molar-refractivity contribution in [1.29, 1.82) is 0 Å². The summed E-state index contributed by atoms with van der Waals surface area (Å²) in [4.78, 5) is 150. The Bertz CT molecular complexity index is 2120. The molecule has 3 aliphatic heterocycles. The van der Waals surface area contributed by atoms with Gasteiger partial charge in [-0.2, -0.15) is 0 Å². The van der Waals surface area contributed by atoms with Gasteiger partial charge in [0.2, 0.25) is 11.8 Å². The van der Waals surface area contributed by atoms with E-state index in [0.717, 1.165) is 9.80 Å². The Kier molecular flexibility index (Phi) is 32.6. The number of carbonyl (C=O) groups excluding carboxylic acids is 11. The molecule has 10 atom stereocenters. The van der Waals surface area contributed by atoms with E-state index in [9.17, 15) is 108 Å². The number of Topliss-reactive ketones (excluding diaryl/α,β-unsaturated/α-hetero) is 2. The van der Waals surface area contributed by atoms with Crippen LogP contribution in [0.5, 0.6) is 0 Å². The predicted octanol–water partition coefficient (Wildman–Crippen LogP) is -4.96. The van der Waals surface area contributed by atoms with Gasteiger partial charge >= 0.3 is 11.9 Å². The highest BCUT2D eigenvalue weighted by molar-refractivity contribution is 6.13. The van der Waals surface area contributed by atoms with E-state index in [4.69, 9.17) is 16.4 Å². The van der Waals surface area contributed by atoms with Crippen molar-refractivity contribution in [3.63, 3.8) is 0 Å². The average molecular weight is 1140 g/mol. The third-order valence-electron chi connectivity index (χ3n) is 12.4. The van der Waals surface area contributed by atoms with Crippen LogP contribution >= 0.6 is 0 Å². The molecule has 30 heteroatoms. The lowest BCUT2D eigenvalue weighted by Crippen LogP contribution is -2.49. The zero-order chi connectivity index (χ0) is 60.6. The predicted molar refractivity (Wildman–Crippen MR) is 263 cm³/mol. The first-order chi connectivity index (χ1) is 37.7. The van der Waals surface area contributed by atoms with Crippen molar-refractivity contribution in [1.82, 2.24) is 25.5 Å². The molecule has 13 N–H and O–H groups in total. The fourth-order valence-corrected chi connectivity index (χ4v) is 7.63. The van der Waals surface area contributed by atoms with Gasteiger partial charge in [0.1, 0.15) is 48.2 Å². The van der Waals surface area contributed by atoms with Crippen molar-refractivity contribution in [3.05, 3.63) is 24.3 Å². The van der Waals surface area contributed by atoms with Crippen LogP contribution in [0.25, 0.3) is 0 Å². The summed E-state index contributed by atoms with van der Waals surface area (Å²) in [6.45, 7) is -2.31. The van der Waals surface area contributed by atoms with Crippen LogP contribution in [0.1, 0.15) is 104 Å². The molecule has 1 fully saturated rings. The zero-order valence-electron chi connectivity index (χ0n) is 44.3. The molecule has 0 bridgehead atoms. The van der Waals surface area contributed by atoms with E-state index in [2.05, 4.69) is 10.6 Å². The first-order valence-corrected chi connectivity index (χ1v) is 25.2. The summed E-state index contributed by atoms with van der Waals surface area (Å²) in [5.74, 6) is -9.58. The average Bonchev–Trinajstić information content (AvgIpc) is 4.05. The SMILES string of the molecule is O=C(CCCCCN1C(=O)C=CC1=O)C[C@@H](CCC(=O)NC[C@H](O)[C@@H](O)[C@H](O)[C@H](O)CO)C(=O)O.O=C(CCCCCN1C(=O)C=CC1=O)C[C@@H](CCC(=O)NC[C@H](O)[C@@H](O)[C@H](O)[C@H](O)CO)C(=O)ON1C(=O)CCC1=O.[2H]CF. The monoisotopic (exact) mass is 1140 g/mol. The molecule has 29 nitrogen and oxygen atoms in total. The first-order valence-electron chi connectivity index (χ1n) is 25.9. The number of amides is 8. The minimum absolute atomic E-state index is 0.0454. The number of carboxylic acids is 1. The van der Waals surface area contributed by atoms with E-state index in [1.807, 2.05) is 0 Å². The summed E-state index contributed by atoms with van der Waals surface area (Å²) in [6.07, 6.45) is -8.26. The van der Waals surface area contributed by atoms with Crippen LogP contribution in [0.2, 0.25) is 0 Å². The number of rotatable bonds is 37. The maximum atomic E-state index is 12.8. The molecule has 0 saturated carbocycles. The van der Waals surface area contributed by atoms with Gasteiger partial charge in [-0.15, -0.1) is 5.06 Å². The lowest BCUT2D eigenvalue weighted by molar-refractivity contribution is -0.201. The van der Waals surface area contributed by atoms with Gasteiger partial charge in [0, 0.05) is 102 Å². The molecule has 8 amide bonds. The molecule has 0 aromatic heterocycles. The number of hydroxylamine groups is 2. The molecule has 0 aromatic carbocycles. The summed E-state index contributed by atoms with van der Waals surface area (Å²) < 4.78 is 15.5. The van der Waals surface area contributed by atoms with Gasteiger partial charge in [-0.3, -0.25) is 66.9 Å². The van der Waals surface area contributed by atoms with Crippen LogP contribution in [0.3, 0.4) is 0 Å². The smallest absolute Gasteiger partial charge is 0.336 e. The molecule has 446 valence electrons. The third-order valence-corrected chi connectivity index (χ3v) is 12.4. The van der Waals surface area contributed by atoms with Crippen LogP contribution < -0.4 is 10.6 Å². The molecular weight excluding hydrogens is 1060 g/mol. The number of hydrogen-bond acceptors (Lipinski definition) is 23. The lowest BCUT2D eigenvalue weighted by Gasteiger charge is -2.25. The first kappa shape index (κ1) is 68.8. The van der Waals surface area contributed by atoms with E-state index in [1.54, 1.807) is 0 Å². The van der Waals surface area contributed by atoms with Crippen molar-refractivity contribution in [3.8, 4) is 0 Å². The minimum Gasteiger partial charge on any atom is -0.481 e. The molecule has 3 aliphatic rings. The number of aliphatic hydroxyl groups is 10. The van der Waals surface area contributed by atoms with Crippen LogP contribution in [0.15, 0.2) is 24.3 Å². The molecule has 0 unspecified atom stereocenters. The van der Waals surface area contributed by atoms with Gasteiger partial charge in [0.25, 0.3) is 35.4 Å². The number of aliphatic carboxylic acids is 1. The Morgan fingerprint density at radius 2 is 0.899 bits per heavy atom. The second-order valence-corrected chi connectivity index (χ2v) is 18.4. The van der Waals surface area contributed by atoms with Crippen molar-refractivity contribution < 1.29 is 124 Å². The summed E-state index contributed by atoms with van der Waals surface area (Å²) >= 11 is 0. The van der Waals surface area contributed by atoms with Crippen LogP contribution in [0.4, 0.5) is 4.39 Å². The van der Waals surface area contributed by atoms with Crippen LogP contribution in [0, 0.1) is 11.8 Å².